The average Bonchev–Trinajstić information content (AvgIpc) is 3.04. The standard InChI is InChI=1S/C23H22BrNO7S/c1-3-31-18-11-15(12-19-21(26)25(8-9-30-2)23(29)33-19)10-17(24)20(18)32-13-14-4-6-16(7-5-14)22(27)28/h4-7,10-12H,3,8-9,13H2,1-2H3,(H,27,28)/b19-12+. The number of methoxy groups -OCH3 is 1. The van der Waals surface area contributed by atoms with Gasteiger partial charge in [-0.05, 0) is 76.1 Å². The molecule has 0 saturated carbocycles. The first-order valence-corrected chi connectivity index (χ1v) is 11.6. The maximum Gasteiger partial charge on any atom is 0.335 e. The SMILES string of the molecule is CCOc1cc(/C=C2/SC(=O)N(CCOC)C2=O)cc(Br)c1OCc1ccc(C(=O)O)cc1. The summed E-state index contributed by atoms with van der Waals surface area (Å²) in [6.07, 6.45) is 1.64. The fourth-order valence-electron chi connectivity index (χ4n) is 3.00. The molecule has 2 aromatic carbocycles. The molecule has 0 aliphatic carbocycles. The minimum atomic E-state index is -0.990. The molecule has 2 amide bonds. The Balaban J connectivity index is 1.81. The second-order valence-corrected chi connectivity index (χ2v) is 8.73. The lowest BCUT2D eigenvalue weighted by molar-refractivity contribution is -0.123. The van der Waals surface area contributed by atoms with E-state index < -0.39 is 5.97 Å². The van der Waals surface area contributed by atoms with Gasteiger partial charge >= 0.3 is 5.97 Å². The second kappa shape index (κ2) is 11.4. The molecule has 174 valence electrons. The highest BCUT2D eigenvalue weighted by atomic mass is 79.9. The van der Waals surface area contributed by atoms with Gasteiger partial charge in [0.25, 0.3) is 11.1 Å². The molecular weight excluding hydrogens is 514 g/mol. The third-order valence-corrected chi connectivity index (χ3v) is 6.10. The summed E-state index contributed by atoms with van der Waals surface area (Å²) in [7, 11) is 1.51. The van der Waals surface area contributed by atoms with Crippen molar-refractivity contribution in [3.63, 3.8) is 0 Å². The molecule has 0 atom stereocenters. The summed E-state index contributed by atoms with van der Waals surface area (Å²) >= 11 is 4.38. The average molecular weight is 536 g/mol. The number of nitrogens with zero attached hydrogens (tertiary/aromatic N) is 1. The Morgan fingerprint density at radius 2 is 1.91 bits per heavy atom. The second-order valence-electron chi connectivity index (χ2n) is 6.88. The van der Waals surface area contributed by atoms with Gasteiger partial charge in [0.2, 0.25) is 0 Å². The molecule has 8 nitrogen and oxygen atoms in total. The fraction of sp³-hybridized carbons (Fsp3) is 0.261. The largest absolute Gasteiger partial charge is 0.490 e. The predicted octanol–water partition coefficient (Wildman–Crippen LogP) is 4.81. The van der Waals surface area contributed by atoms with Crippen LogP contribution in [0.2, 0.25) is 0 Å². The van der Waals surface area contributed by atoms with Gasteiger partial charge < -0.3 is 19.3 Å². The van der Waals surface area contributed by atoms with Crippen LogP contribution in [0.1, 0.15) is 28.4 Å². The van der Waals surface area contributed by atoms with E-state index in [0.717, 1.165) is 22.2 Å². The predicted molar refractivity (Wildman–Crippen MR) is 128 cm³/mol. The number of aromatic carboxylic acids is 1. The van der Waals surface area contributed by atoms with Gasteiger partial charge in [0.1, 0.15) is 6.61 Å². The number of hydrogen-bond acceptors (Lipinski definition) is 7. The zero-order chi connectivity index (χ0) is 24.0. The highest BCUT2D eigenvalue weighted by molar-refractivity contribution is 9.10. The highest BCUT2D eigenvalue weighted by Gasteiger charge is 2.34. The number of imide groups is 1. The summed E-state index contributed by atoms with van der Waals surface area (Å²) in [6, 6.07) is 9.91. The lowest BCUT2D eigenvalue weighted by Gasteiger charge is -2.15. The number of carbonyl (C=O) groups is 3. The molecular formula is C23H22BrNO7S. The van der Waals surface area contributed by atoms with E-state index >= 15 is 0 Å². The van der Waals surface area contributed by atoms with Gasteiger partial charge in [0.15, 0.2) is 11.5 Å². The number of thioether (sulfide) groups is 1. The molecule has 1 aliphatic rings. The van der Waals surface area contributed by atoms with Crippen LogP contribution >= 0.6 is 27.7 Å². The van der Waals surface area contributed by atoms with Gasteiger partial charge in [-0.1, -0.05) is 12.1 Å². The lowest BCUT2D eigenvalue weighted by atomic mass is 10.1. The van der Waals surface area contributed by atoms with Crippen molar-refractivity contribution in [1.82, 2.24) is 4.90 Å². The minimum Gasteiger partial charge on any atom is -0.490 e. The normalized spacial score (nSPS) is 14.8. The molecule has 33 heavy (non-hydrogen) atoms. The third-order valence-electron chi connectivity index (χ3n) is 4.61. The summed E-state index contributed by atoms with van der Waals surface area (Å²) in [6.45, 7) is 2.92. The van der Waals surface area contributed by atoms with Crippen LogP contribution in [0, 0.1) is 0 Å². The van der Waals surface area contributed by atoms with Crippen LogP contribution in [0.5, 0.6) is 11.5 Å². The Morgan fingerprint density at radius 1 is 1.18 bits per heavy atom. The van der Waals surface area contributed by atoms with E-state index in [4.69, 9.17) is 19.3 Å². The van der Waals surface area contributed by atoms with Crippen molar-refractivity contribution in [2.75, 3.05) is 26.9 Å². The van der Waals surface area contributed by atoms with Gasteiger partial charge in [0.05, 0.1) is 34.7 Å². The number of halogens is 1. The Labute approximate surface area is 203 Å². The van der Waals surface area contributed by atoms with Crippen LogP contribution in [0.15, 0.2) is 45.8 Å². The maximum absolute atomic E-state index is 12.6. The third kappa shape index (κ3) is 6.16. The Bertz CT molecular complexity index is 1080. The molecule has 2 aromatic rings. The number of amides is 2. The lowest BCUT2D eigenvalue weighted by Crippen LogP contribution is -2.31. The number of benzene rings is 2. The molecule has 10 heteroatoms. The minimum absolute atomic E-state index is 0.200. The van der Waals surface area contributed by atoms with Gasteiger partial charge in [-0.3, -0.25) is 14.5 Å². The molecule has 1 N–H and O–H groups in total. The summed E-state index contributed by atoms with van der Waals surface area (Å²) in [5.41, 5.74) is 1.66. The Morgan fingerprint density at radius 3 is 2.55 bits per heavy atom. The molecule has 3 rings (SSSR count). The highest BCUT2D eigenvalue weighted by Crippen LogP contribution is 2.39. The van der Waals surface area contributed by atoms with E-state index in [2.05, 4.69) is 15.9 Å². The number of carboxylic acids is 1. The van der Waals surface area contributed by atoms with Gasteiger partial charge in [-0.2, -0.15) is 0 Å². The van der Waals surface area contributed by atoms with Crippen LogP contribution in [0.4, 0.5) is 4.79 Å². The molecule has 1 heterocycles. The molecule has 0 unspecified atom stereocenters. The summed E-state index contributed by atoms with van der Waals surface area (Å²) in [4.78, 5) is 37.2. The number of rotatable bonds is 10. The van der Waals surface area contributed by atoms with E-state index in [9.17, 15) is 14.4 Å². The zero-order valence-electron chi connectivity index (χ0n) is 18.0. The van der Waals surface area contributed by atoms with Crippen molar-refractivity contribution in [3.05, 3.63) is 62.5 Å². The fourth-order valence-corrected chi connectivity index (χ4v) is 4.44. The molecule has 0 bridgehead atoms. The van der Waals surface area contributed by atoms with Crippen molar-refractivity contribution >= 4 is 50.9 Å². The van der Waals surface area contributed by atoms with Crippen molar-refractivity contribution < 1.29 is 33.7 Å². The first-order chi connectivity index (χ1) is 15.8. The van der Waals surface area contributed by atoms with Crippen molar-refractivity contribution in [3.8, 4) is 11.5 Å². The maximum atomic E-state index is 12.6. The quantitative estimate of drug-likeness (QED) is 0.432. The van der Waals surface area contributed by atoms with Crippen molar-refractivity contribution in [2.24, 2.45) is 0 Å². The summed E-state index contributed by atoms with van der Waals surface area (Å²) in [5, 5.41) is 8.69. The smallest absolute Gasteiger partial charge is 0.335 e. The van der Waals surface area contributed by atoms with E-state index in [1.807, 2.05) is 6.92 Å². The molecule has 0 aromatic heterocycles. The molecule has 1 fully saturated rings. The number of carboxylic acid groups (broad SMARTS) is 1. The van der Waals surface area contributed by atoms with E-state index in [1.165, 1.54) is 19.2 Å². The summed E-state index contributed by atoms with van der Waals surface area (Å²) in [5.74, 6) is -0.402. The molecule has 1 saturated heterocycles. The topological polar surface area (TPSA) is 102 Å². The van der Waals surface area contributed by atoms with Crippen LogP contribution < -0.4 is 9.47 Å². The van der Waals surface area contributed by atoms with Gasteiger partial charge in [0, 0.05) is 7.11 Å². The van der Waals surface area contributed by atoms with E-state index in [1.54, 1.807) is 30.3 Å². The number of carbonyl (C=O) groups excluding carboxylic acids is 2. The van der Waals surface area contributed by atoms with Crippen LogP contribution in [0.3, 0.4) is 0 Å². The molecule has 0 radical (unpaired) electrons. The van der Waals surface area contributed by atoms with Crippen LogP contribution in [0.25, 0.3) is 6.08 Å². The van der Waals surface area contributed by atoms with Crippen LogP contribution in [-0.2, 0) is 16.1 Å². The number of ether oxygens (including phenoxy) is 3. The first-order valence-electron chi connectivity index (χ1n) is 9.99. The van der Waals surface area contributed by atoms with Gasteiger partial charge in [-0.25, -0.2) is 4.79 Å². The summed E-state index contributed by atoms with van der Waals surface area (Å²) < 4.78 is 17.3. The van der Waals surface area contributed by atoms with Crippen LogP contribution in [-0.4, -0.2) is 54.0 Å². The van der Waals surface area contributed by atoms with E-state index in [-0.39, 0.29) is 36.5 Å². The molecule has 0 spiro atoms. The van der Waals surface area contributed by atoms with Crippen molar-refractivity contribution in [2.45, 2.75) is 13.5 Å². The van der Waals surface area contributed by atoms with E-state index in [0.29, 0.717) is 33.0 Å². The number of hydrogen-bond donors (Lipinski definition) is 1. The first kappa shape index (κ1) is 24.8. The zero-order valence-corrected chi connectivity index (χ0v) is 20.4. The molecule has 1 aliphatic heterocycles. The van der Waals surface area contributed by atoms with Gasteiger partial charge in [-0.15, -0.1) is 0 Å². The Kier molecular flexibility index (Phi) is 8.54. The monoisotopic (exact) mass is 535 g/mol. The Hall–Kier alpha value is -2.82. The van der Waals surface area contributed by atoms with Crippen molar-refractivity contribution in [1.29, 1.82) is 0 Å².